The lowest BCUT2D eigenvalue weighted by molar-refractivity contribution is -0.387. The largest absolute Gasteiger partial charge is 0.439 e. The fraction of sp³-hybridized carbons (Fsp3) is 0.0769. The van der Waals surface area contributed by atoms with Gasteiger partial charge in [-0.15, -0.1) is 0 Å². The van der Waals surface area contributed by atoms with Gasteiger partial charge in [0.15, 0.2) is 0 Å². The Labute approximate surface area is 113 Å². The number of rotatable bonds is 3. The maximum Gasteiger partial charge on any atom is 0.305 e. The van der Waals surface area contributed by atoms with Gasteiger partial charge in [-0.2, -0.15) is 9.65 Å². The van der Waals surface area contributed by atoms with Gasteiger partial charge >= 0.3 is 5.69 Å². The molecule has 20 heavy (non-hydrogen) atoms. The third-order valence-electron chi connectivity index (χ3n) is 2.40. The van der Waals surface area contributed by atoms with Crippen LogP contribution in [0.25, 0.3) is 0 Å². The molecule has 2 rings (SSSR count). The highest BCUT2D eigenvalue weighted by atomic mass is 19.1. The van der Waals surface area contributed by atoms with Crippen molar-refractivity contribution in [2.24, 2.45) is 0 Å². The summed E-state index contributed by atoms with van der Waals surface area (Å²) in [6, 6.07) is 8.08. The summed E-state index contributed by atoms with van der Waals surface area (Å²) >= 11 is 0. The average molecular weight is 273 g/mol. The Morgan fingerprint density at radius 2 is 2.15 bits per heavy atom. The molecule has 0 aliphatic rings. The van der Waals surface area contributed by atoms with Crippen LogP contribution in [0.1, 0.15) is 11.3 Å². The molecule has 0 amide bonds. The van der Waals surface area contributed by atoms with Crippen LogP contribution >= 0.6 is 0 Å². The maximum atomic E-state index is 13.4. The zero-order valence-corrected chi connectivity index (χ0v) is 10.3. The number of ether oxygens (including phenoxy) is 1. The van der Waals surface area contributed by atoms with Crippen LogP contribution in [0.4, 0.5) is 10.1 Å². The highest BCUT2D eigenvalue weighted by Crippen LogP contribution is 2.26. The molecule has 0 fully saturated rings. The van der Waals surface area contributed by atoms with Crippen LogP contribution in [0.15, 0.2) is 30.3 Å². The van der Waals surface area contributed by atoms with Crippen LogP contribution in [0.5, 0.6) is 11.6 Å². The van der Waals surface area contributed by atoms with Crippen LogP contribution in [-0.2, 0) is 0 Å². The molecule has 1 aromatic heterocycles. The first-order valence-electron chi connectivity index (χ1n) is 5.50. The summed E-state index contributed by atoms with van der Waals surface area (Å²) in [5.74, 6) is -0.814. The van der Waals surface area contributed by atoms with Crippen molar-refractivity contribution < 1.29 is 14.1 Å². The van der Waals surface area contributed by atoms with Gasteiger partial charge in [0.1, 0.15) is 5.75 Å². The van der Waals surface area contributed by atoms with E-state index in [-0.39, 0.29) is 11.6 Å². The number of nitro benzene ring substituents is 1. The summed E-state index contributed by atoms with van der Waals surface area (Å²) in [5, 5.41) is 19.3. The summed E-state index contributed by atoms with van der Waals surface area (Å²) in [6.07, 6.45) is 0. The molecule has 1 heterocycles. The van der Waals surface area contributed by atoms with Crippen molar-refractivity contribution in [1.29, 1.82) is 5.26 Å². The molecule has 0 saturated carbocycles. The van der Waals surface area contributed by atoms with E-state index in [0.29, 0.717) is 11.3 Å². The van der Waals surface area contributed by atoms with Crippen LogP contribution < -0.4 is 4.74 Å². The summed E-state index contributed by atoms with van der Waals surface area (Å²) < 4.78 is 18.7. The minimum absolute atomic E-state index is 0.0649. The van der Waals surface area contributed by atoms with Crippen molar-refractivity contribution in [3.63, 3.8) is 0 Å². The Balaban J connectivity index is 2.31. The zero-order chi connectivity index (χ0) is 14.7. The third kappa shape index (κ3) is 2.87. The topological polar surface area (TPSA) is 89.0 Å². The molecule has 0 radical (unpaired) electrons. The van der Waals surface area contributed by atoms with Gasteiger partial charge < -0.3 is 4.74 Å². The Hall–Kier alpha value is -3.01. The molecule has 100 valence electrons. The fourth-order valence-corrected chi connectivity index (χ4v) is 1.57. The van der Waals surface area contributed by atoms with Crippen LogP contribution in [0, 0.1) is 34.2 Å². The number of pyridine rings is 1. The van der Waals surface area contributed by atoms with E-state index in [1.165, 1.54) is 12.1 Å². The molecule has 7 heteroatoms. The number of aryl methyl sites for hydroxylation is 1. The minimum Gasteiger partial charge on any atom is -0.439 e. The van der Waals surface area contributed by atoms with E-state index in [1.54, 1.807) is 13.0 Å². The molecule has 2 aromatic rings. The van der Waals surface area contributed by atoms with E-state index in [0.717, 1.165) is 12.1 Å². The summed E-state index contributed by atoms with van der Waals surface area (Å²) in [5.41, 5.74) is 0.295. The molecule has 0 saturated heterocycles. The summed E-state index contributed by atoms with van der Waals surface area (Å²) in [4.78, 5) is 13.7. The smallest absolute Gasteiger partial charge is 0.305 e. The molecule has 0 atom stereocenters. The van der Waals surface area contributed by atoms with Crippen molar-refractivity contribution >= 4 is 5.69 Å². The second-order valence-electron chi connectivity index (χ2n) is 3.92. The first-order chi connectivity index (χ1) is 9.49. The standard InChI is InChI=1S/C13H8FN3O3/c1-8-4-9(7-15)5-13(16-8)20-10-2-3-12(17(18)19)11(14)6-10/h2-6H,1H3. The molecule has 0 bridgehead atoms. The number of nitriles is 1. The number of aromatic nitrogens is 1. The average Bonchev–Trinajstić information content (AvgIpc) is 2.37. The maximum absolute atomic E-state index is 13.4. The van der Waals surface area contributed by atoms with Crippen molar-refractivity contribution in [2.75, 3.05) is 0 Å². The molecule has 0 spiro atoms. The van der Waals surface area contributed by atoms with Gasteiger partial charge in [-0.25, -0.2) is 4.98 Å². The van der Waals surface area contributed by atoms with E-state index in [4.69, 9.17) is 10.00 Å². The van der Waals surface area contributed by atoms with Gasteiger partial charge in [-0.05, 0) is 19.1 Å². The predicted octanol–water partition coefficient (Wildman–Crippen LogP) is 3.10. The van der Waals surface area contributed by atoms with Crippen LogP contribution in [0.2, 0.25) is 0 Å². The van der Waals surface area contributed by atoms with E-state index >= 15 is 0 Å². The zero-order valence-electron chi connectivity index (χ0n) is 10.3. The predicted molar refractivity (Wildman–Crippen MR) is 66.8 cm³/mol. The first-order valence-corrected chi connectivity index (χ1v) is 5.50. The Kier molecular flexibility index (Phi) is 3.57. The SMILES string of the molecule is Cc1cc(C#N)cc(Oc2ccc([N+](=O)[O-])c(F)c2)n1. The van der Waals surface area contributed by atoms with E-state index in [9.17, 15) is 14.5 Å². The van der Waals surface area contributed by atoms with Crippen molar-refractivity contribution in [2.45, 2.75) is 6.92 Å². The van der Waals surface area contributed by atoms with Crippen LogP contribution in [-0.4, -0.2) is 9.91 Å². The first kappa shape index (κ1) is 13.4. The number of hydrogen-bond acceptors (Lipinski definition) is 5. The van der Waals surface area contributed by atoms with Gasteiger partial charge in [0.2, 0.25) is 11.7 Å². The Morgan fingerprint density at radius 1 is 1.40 bits per heavy atom. The number of hydrogen-bond donors (Lipinski definition) is 0. The lowest BCUT2D eigenvalue weighted by Crippen LogP contribution is -1.95. The molecular weight excluding hydrogens is 265 g/mol. The van der Waals surface area contributed by atoms with Crippen molar-refractivity contribution in [3.05, 3.63) is 57.5 Å². The van der Waals surface area contributed by atoms with Crippen molar-refractivity contribution in [1.82, 2.24) is 4.98 Å². The number of nitrogens with zero attached hydrogens (tertiary/aromatic N) is 3. The Morgan fingerprint density at radius 3 is 2.75 bits per heavy atom. The highest BCUT2D eigenvalue weighted by Gasteiger charge is 2.15. The molecule has 0 aliphatic heterocycles. The van der Waals surface area contributed by atoms with Gasteiger partial charge in [-0.3, -0.25) is 10.1 Å². The van der Waals surface area contributed by atoms with E-state index in [2.05, 4.69) is 4.98 Å². The normalized spacial score (nSPS) is 9.85. The van der Waals surface area contributed by atoms with Gasteiger partial charge in [-0.1, -0.05) is 0 Å². The summed E-state index contributed by atoms with van der Waals surface area (Å²) in [6.45, 7) is 1.68. The third-order valence-corrected chi connectivity index (χ3v) is 2.40. The molecule has 1 aromatic carbocycles. The fourth-order valence-electron chi connectivity index (χ4n) is 1.57. The van der Waals surface area contributed by atoms with Gasteiger partial charge in [0.25, 0.3) is 0 Å². The van der Waals surface area contributed by atoms with E-state index < -0.39 is 16.4 Å². The highest BCUT2D eigenvalue weighted by molar-refractivity contribution is 5.41. The number of nitro groups is 1. The van der Waals surface area contributed by atoms with E-state index in [1.807, 2.05) is 6.07 Å². The van der Waals surface area contributed by atoms with Gasteiger partial charge in [0, 0.05) is 23.9 Å². The quantitative estimate of drug-likeness (QED) is 0.633. The molecule has 0 N–H and O–H groups in total. The number of halogens is 1. The summed E-state index contributed by atoms with van der Waals surface area (Å²) in [7, 11) is 0. The number of benzene rings is 1. The Bertz CT molecular complexity index is 725. The van der Waals surface area contributed by atoms with Crippen LogP contribution in [0.3, 0.4) is 0 Å². The lowest BCUT2D eigenvalue weighted by Gasteiger charge is -2.06. The minimum atomic E-state index is -0.999. The lowest BCUT2D eigenvalue weighted by atomic mass is 10.2. The van der Waals surface area contributed by atoms with Crippen molar-refractivity contribution in [3.8, 4) is 17.7 Å². The monoisotopic (exact) mass is 273 g/mol. The molecular formula is C13H8FN3O3. The second kappa shape index (κ2) is 5.32. The molecule has 6 nitrogen and oxygen atoms in total. The molecule has 0 aliphatic carbocycles. The molecule has 0 unspecified atom stereocenters. The second-order valence-corrected chi connectivity index (χ2v) is 3.92. The van der Waals surface area contributed by atoms with Gasteiger partial charge in [0.05, 0.1) is 16.6 Å².